The molecule has 2 aromatic rings. The maximum absolute atomic E-state index is 12.1. The van der Waals surface area contributed by atoms with Gasteiger partial charge < -0.3 is 0 Å². The predicted molar refractivity (Wildman–Crippen MR) is 80.6 cm³/mol. The van der Waals surface area contributed by atoms with Gasteiger partial charge in [0.15, 0.2) is 0 Å². The van der Waals surface area contributed by atoms with Gasteiger partial charge in [-0.25, -0.2) is 0 Å². The van der Waals surface area contributed by atoms with E-state index in [4.69, 9.17) is 4.28 Å². The highest BCUT2D eigenvalue weighted by atomic mass is 32.2. The zero-order chi connectivity index (χ0) is 14.7. The largest absolute Gasteiger partial charge is 0.358 e. The maximum atomic E-state index is 12.1. The molecule has 0 saturated carbocycles. The number of benzene rings is 2. The summed E-state index contributed by atoms with van der Waals surface area (Å²) in [5, 5.41) is 3.90. The molecule has 0 heterocycles. The lowest BCUT2D eigenvalue weighted by Gasteiger charge is -2.16. The number of nitrogens with zero attached hydrogens (tertiary/aromatic N) is 1. The summed E-state index contributed by atoms with van der Waals surface area (Å²) in [4.78, 5) is 0.110. The zero-order valence-corrected chi connectivity index (χ0v) is 12.2. The summed E-state index contributed by atoms with van der Waals surface area (Å²) in [6.07, 6.45) is 2.66. The summed E-state index contributed by atoms with van der Waals surface area (Å²) >= 11 is 0. The molecule has 0 bridgehead atoms. The Morgan fingerprint density at radius 1 is 0.905 bits per heavy atom. The lowest BCUT2D eigenvalue weighted by molar-refractivity contribution is 0.337. The number of hydrogen-bond donors (Lipinski definition) is 0. The van der Waals surface area contributed by atoms with Gasteiger partial charge in [0.1, 0.15) is 4.90 Å². The van der Waals surface area contributed by atoms with Crippen LogP contribution in [0.25, 0.3) is 0 Å². The second-order valence-electron chi connectivity index (χ2n) is 4.89. The van der Waals surface area contributed by atoms with Gasteiger partial charge in [0.25, 0.3) is 0 Å². The van der Waals surface area contributed by atoms with E-state index in [1.165, 1.54) is 17.7 Å². The van der Waals surface area contributed by atoms with Crippen LogP contribution in [0.3, 0.4) is 0 Å². The molecular weight excluding hydrogens is 286 g/mol. The van der Waals surface area contributed by atoms with E-state index in [1.807, 2.05) is 24.3 Å². The third kappa shape index (κ3) is 2.97. The first-order valence-electron chi connectivity index (χ1n) is 6.81. The van der Waals surface area contributed by atoms with Crippen LogP contribution in [0, 0.1) is 0 Å². The summed E-state index contributed by atoms with van der Waals surface area (Å²) in [7, 11) is -3.85. The van der Waals surface area contributed by atoms with E-state index in [1.54, 1.807) is 18.2 Å². The van der Waals surface area contributed by atoms with Crippen molar-refractivity contribution in [3.63, 3.8) is 0 Å². The molecule has 0 aromatic heterocycles. The molecule has 5 heteroatoms. The van der Waals surface area contributed by atoms with Crippen LogP contribution < -0.4 is 0 Å². The third-order valence-corrected chi connectivity index (χ3v) is 4.59. The van der Waals surface area contributed by atoms with Crippen LogP contribution in [0.5, 0.6) is 0 Å². The molecule has 21 heavy (non-hydrogen) atoms. The van der Waals surface area contributed by atoms with Gasteiger partial charge in [-0.1, -0.05) is 47.6 Å². The average Bonchev–Trinajstić information content (AvgIpc) is 2.54. The molecule has 0 amide bonds. The van der Waals surface area contributed by atoms with Crippen molar-refractivity contribution >= 4 is 15.8 Å². The molecule has 0 aliphatic heterocycles. The predicted octanol–water partition coefficient (Wildman–Crippen LogP) is 3.13. The summed E-state index contributed by atoms with van der Waals surface area (Å²) in [6.45, 7) is 0. The minimum Gasteiger partial charge on any atom is -0.264 e. The first-order valence-corrected chi connectivity index (χ1v) is 8.21. The van der Waals surface area contributed by atoms with Crippen molar-refractivity contribution in [2.24, 2.45) is 5.16 Å². The number of oxime groups is 1. The molecule has 108 valence electrons. The van der Waals surface area contributed by atoms with Crippen molar-refractivity contribution < 1.29 is 12.7 Å². The number of rotatable bonds is 3. The van der Waals surface area contributed by atoms with Crippen LogP contribution in [0.4, 0.5) is 0 Å². The monoisotopic (exact) mass is 301 g/mol. The van der Waals surface area contributed by atoms with Gasteiger partial charge >= 0.3 is 10.1 Å². The maximum Gasteiger partial charge on any atom is 0.358 e. The van der Waals surface area contributed by atoms with E-state index in [9.17, 15) is 8.42 Å². The first kappa shape index (κ1) is 13.8. The highest BCUT2D eigenvalue weighted by Crippen LogP contribution is 2.22. The molecule has 3 rings (SSSR count). The summed E-state index contributed by atoms with van der Waals surface area (Å²) < 4.78 is 29.0. The quantitative estimate of drug-likeness (QED) is 0.818. The molecule has 1 aliphatic rings. The number of aryl methyl sites for hydroxylation is 1. The van der Waals surface area contributed by atoms with Crippen LogP contribution in [0.15, 0.2) is 64.6 Å². The molecule has 4 nitrogen and oxygen atoms in total. The topological polar surface area (TPSA) is 55.7 Å². The minimum absolute atomic E-state index is 0.110. The minimum atomic E-state index is -3.85. The molecule has 0 fully saturated rings. The number of hydrogen-bond acceptors (Lipinski definition) is 4. The van der Waals surface area contributed by atoms with E-state index >= 15 is 0 Å². The molecule has 0 saturated heterocycles. The van der Waals surface area contributed by atoms with Gasteiger partial charge in [-0.2, -0.15) is 8.42 Å². The van der Waals surface area contributed by atoms with E-state index < -0.39 is 10.1 Å². The van der Waals surface area contributed by atoms with Crippen molar-refractivity contribution in [2.45, 2.75) is 24.2 Å². The molecule has 0 radical (unpaired) electrons. The zero-order valence-electron chi connectivity index (χ0n) is 11.4. The van der Waals surface area contributed by atoms with E-state index in [2.05, 4.69) is 5.16 Å². The van der Waals surface area contributed by atoms with Crippen molar-refractivity contribution in [3.05, 3.63) is 65.7 Å². The Kier molecular flexibility index (Phi) is 3.75. The Morgan fingerprint density at radius 3 is 2.43 bits per heavy atom. The molecule has 0 spiro atoms. The second-order valence-corrected chi connectivity index (χ2v) is 6.42. The Labute approximate surface area is 124 Å². The van der Waals surface area contributed by atoms with E-state index in [0.29, 0.717) is 5.71 Å². The SMILES string of the molecule is O=S(=O)(O/N=C1/CCCc2ccccc21)c1ccccc1. The van der Waals surface area contributed by atoms with Crippen LogP contribution in [-0.2, 0) is 20.8 Å². The van der Waals surface area contributed by atoms with Gasteiger partial charge in [-0.15, -0.1) is 0 Å². The molecule has 2 aromatic carbocycles. The van der Waals surface area contributed by atoms with Crippen LogP contribution >= 0.6 is 0 Å². The fourth-order valence-corrected chi connectivity index (χ4v) is 3.18. The molecule has 0 atom stereocenters. The van der Waals surface area contributed by atoms with Crippen molar-refractivity contribution in [3.8, 4) is 0 Å². The van der Waals surface area contributed by atoms with Crippen LogP contribution in [0.1, 0.15) is 24.0 Å². The van der Waals surface area contributed by atoms with Crippen LogP contribution in [0.2, 0.25) is 0 Å². The van der Waals surface area contributed by atoms with Gasteiger partial charge in [-0.3, -0.25) is 4.28 Å². The van der Waals surface area contributed by atoms with Gasteiger partial charge in [0.05, 0.1) is 5.71 Å². The second kappa shape index (κ2) is 5.69. The van der Waals surface area contributed by atoms with Gasteiger partial charge in [-0.05, 0) is 37.0 Å². The van der Waals surface area contributed by atoms with E-state index in [0.717, 1.165) is 24.8 Å². The fraction of sp³-hybridized carbons (Fsp3) is 0.188. The first-order chi connectivity index (χ1) is 10.2. The molecular formula is C16H15NO3S. The van der Waals surface area contributed by atoms with E-state index in [-0.39, 0.29) is 4.90 Å². The normalized spacial score (nSPS) is 16.5. The molecule has 0 N–H and O–H groups in total. The van der Waals surface area contributed by atoms with Gasteiger partial charge in [0, 0.05) is 5.56 Å². The molecule has 1 aliphatic carbocycles. The highest BCUT2D eigenvalue weighted by Gasteiger charge is 2.19. The summed E-state index contributed by atoms with van der Waals surface area (Å²) in [5.74, 6) is 0. The Morgan fingerprint density at radius 2 is 1.62 bits per heavy atom. The standard InChI is InChI=1S/C16H15NO3S/c18-21(19,14-9-2-1-3-10-14)20-17-16-12-6-8-13-7-4-5-11-15(13)16/h1-5,7,9-11H,6,8,12H2/b17-16-. The Hall–Kier alpha value is -2.14. The highest BCUT2D eigenvalue weighted by molar-refractivity contribution is 7.86. The lowest BCUT2D eigenvalue weighted by Crippen LogP contribution is -2.13. The van der Waals surface area contributed by atoms with Crippen molar-refractivity contribution in [2.75, 3.05) is 0 Å². The lowest BCUT2D eigenvalue weighted by atomic mass is 9.90. The molecule has 0 unspecified atom stereocenters. The third-order valence-electron chi connectivity index (χ3n) is 3.47. The summed E-state index contributed by atoms with van der Waals surface area (Å²) in [5.41, 5.74) is 2.85. The Balaban J connectivity index is 1.88. The van der Waals surface area contributed by atoms with Crippen molar-refractivity contribution in [1.82, 2.24) is 0 Å². The smallest absolute Gasteiger partial charge is 0.264 e. The number of fused-ring (bicyclic) bond motifs is 1. The Bertz CT molecular complexity index is 767. The van der Waals surface area contributed by atoms with Crippen LogP contribution in [-0.4, -0.2) is 14.1 Å². The van der Waals surface area contributed by atoms with Gasteiger partial charge in [0.2, 0.25) is 0 Å². The summed E-state index contributed by atoms with van der Waals surface area (Å²) in [6, 6.07) is 15.9. The van der Waals surface area contributed by atoms with Crippen molar-refractivity contribution in [1.29, 1.82) is 0 Å². The fourth-order valence-electron chi connectivity index (χ4n) is 2.42. The average molecular weight is 301 g/mol.